The summed E-state index contributed by atoms with van der Waals surface area (Å²) in [6.45, 7) is 3.11. The number of hydrogen-bond donors (Lipinski definition) is 2. The van der Waals surface area contributed by atoms with Gasteiger partial charge in [-0.25, -0.2) is 4.79 Å². The fourth-order valence-corrected chi connectivity index (χ4v) is 5.43. The Bertz CT molecular complexity index is 1070. The fourth-order valence-electron chi connectivity index (χ4n) is 5.43. The molecule has 2 aliphatic rings. The number of carbonyl (C=O) groups is 3. The van der Waals surface area contributed by atoms with Crippen LogP contribution < -0.4 is 10.1 Å². The minimum atomic E-state index is -1.17. The number of methoxy groups -OCH3 is 1. The number of carbonyl (C=O) groups excluding carboxylic acids is 2. The van der Waals surface area contributed by atoms with Gasteiger partial charge in [0.2, 0.25) is 5.91 Å². The number of amides is 3. The zero-order valence-electron chi connectivity index (χ0n) is 20.1. The normalized spacial score (nSPS) is 20.3. The number of nitrogens with zero attached hydrogens (tertiary/aromatic N) is 3. The van der Waals surface area contributed by atoms with Crippen molar-refractivity contribution in [1.82, 2.24) is 19.7 Å². The van der Waals surface area contributed by atoms with Gasteiger partial charge in [-0.15, -0.1) is 0 Å². The highest BCUT2D eigenvalue weighted by molar-refractivity contribution is 5.99. The van der Waals surface area contributed by atoms with E-state index in [-0.39, 0.29) is 23.8 Å². The summed E-state index contributed by atoms with van der Waals surface area (Å²) < 4.78 is 7.18. The van der Waals surface area contributed by atoms with Gasteiger partial charge in [0.25, 0.3) is 5.91 Å². The van der Waals surface area contributed by atoms with Gasteiger partial charge in [-0.1, -0.05) is 19.3 Å². The number of piperazine rings is 1. The van der Waals surface area contributed by atoms with E-state index in [0.29, 0.717) is 25.3 Å². The molecule has 1 aliphatic carbocycles. The van der Waals surface area contributed by atoms with Crippen LogP contribution in [-0.4, -0.2) is 76.2 Å². The highest BCUT2D eigenvalue weighted by Crippen LogP contribution is 2.29. The van der Waals surface area contributed by atoms with Crippen LogP contribution in [0.5, 0.6) is 5.75 Å². The lowest BCUT2D eigenvalue weighted by molar-refractivity contribution is -0.139. The number of benzene rings is 1. The van der Waals surface area contributed by atoms with Gasteiger partial charge in [-0.05, 0) is 43.9 Å². The minimum Gasteiger partial charge on any atom is -0.497 e. The highest BCUT2D eigenvalue weighted by Gasteiger charge is 2.38. The fraction of sp³-hybridized carbons (Fsp3) is 0.560. The molecule has 34 heavy (non-hydrogen) atoms. The second-order valence-corrected chi connectivity index (χ2v) is 9.47. The third-order valence-corrected chi connectivity index (χ3v) is 7.34. The molecule has 9 heteroatoms. The van der Waals surface area contributed by atoms with E-state index < -0.39 is 12.1 Å². The van der Waals surface area contributed by atoms with Gasteiger partial charge in [0.1, 0.15) is 17.5 Å². The molecule has 184 valence electrons. The van der Waals surface area contributed by atoms with E-state index in [2.05, 4.69) is 5.32 Å². The summed E-state index contributed by atoms with van der Waals surface area (Å²) >= 11 is 0. The summed E-state index contributed by atoms with van der Waals surface area (Å²) in [5, 5.41) is 12.8. The molecule has 1 saturated heterocycles. The first-order valence-electron chi connectivity index (χ1n) is 12.0. The van der Waals surface area contributed by atoms with E-state index in [1.165, 1.54) is 0 Å². The molecule has 1 aromatic heterocycles. The zero-order chi connectivity index (χ0) is 24.4. The second kappa shape index (κ2) is 9.95. The van der Waals surface area contributed by atoms with Crippen LogP contribution >= 0.6 is 0 Å². The van der Waals surface area contributed by atoms with Crippen LogP contribution in [0.2, 0.25) is 0 Å². The minimum absolute atomic E-state index is 0.0250. The Hall–Kier alpha value is -3.23. The van der Waals surface area contributed by atoms with E-state index in [1.807, 2.05) is 42.8 Å². The molecule has 1 aliphatic heterocycles. The Kier molecular flexibility index (Phi) is 7.00. The van der Waals surface area contributed by atoms with Crippen LogP contribution in [0.15, 0.2) is 24.3 Å². The number of carboxylic acid groups (broad SMARTS) is 1. The predicted octanol–water partition coefficient (Wildman–Crippen LogP) is 3.08. The summed E-state index contributed by atoms with van der Waals surface area (Å²) in [6.07, 6.45) is 3.71. The summed E-state index contributed by atoms with van der Waals surface area (Å²) in [5.41, 5.74) is 1.50. The molecule has 2 fully saturated rings. The Morgan fingerprint density at radius 1 is 1.12 bits per heavy atom. The van der Waals surface area contributed by atoms with Crippen molar-refractivity contribution in [3.63, 3.8) is 0 Å². The highest BCUT2D eigenvalue weighted by atomic mass is 16.5. The molecule has 0 spiro atoms. The number of nitrogens with one attached hydrogen (secondary N) is 1. The quantitative estimate of drug-likeness (QED) is 0.699. The third-order valence-electron chi connectivity index (χ3n) is 7.34. The van der Waals surface area contributed by atoms with Crippen molar-refractivity contribution in [2.24, 2.45) is 13.0 Å². The molecule has 2 aromatic rings. The van der Waals surface area contributed by atoms with Gasteiger partial charge in [-0.3, -0.25) is 9.59 Å². The van der Waals surface area contributed by atoms with E-state index in [1.54, 1.807) is 16.9 Å². The molecule has 1 unspecified atom stereocenters. The lowest BCUT2D eigenvalue weighted by atomic mass is 9.83. The molecule has 2 N–H and O–H groups in total. The van der Waals surface area contributed by atoms with Gasteiger partial charge in [-0.2, -0.15) is 0 Å². The molecule has 2 heterocycles. The molecular weight excluding hydrogens is 436 g/mol. The molecule has 3 amide bonds. The van der Waals surface area contributed by atoms with Crippen molar-refractivity contribution in [2.45, 2.75) is 51.1 Å². The van der Waals surface area contributed by atoms with Gasteiger partial charge in [0, 0.05) is 44.2 Å². The zero-order valence-corrected chi connectivity index (χ0v) is 20.1. The van der Waals surface area contributed by atoms with Gasteiger partial charge >= 0.3 is 6.09 Å². The van der Waals surface area contributed by atoms with Crippen molar-refractivity contribution in [1.29, 1.82) is 0 Å². The number of rotatable bonds is 5. The monoisotopic (exact) mass is 470 g/mol. The van der Waals surface area contributed by atoms with Crippen LogP contribution in [0.25, 0.3) is 10.9 Å². The number of aryl methyl sites for hydroxylation is 1. The molecule has 1 saturated carbocycles. The van der Waals surface area contributed by atoms with E-state index in [9.17, 15) is 19.5 Å². The van der Waals surface area contributed by atoms with Gasteiger partial charge in [0.05, 0.1) is 12.6 Å². The van der Waals surface area contributed by atoms with E-state index in [0.717, 1.165) is 48.8 Å². The van der Waals surface area contributed by atoms with Gasteiger partial charge < -0.3 is 29.5 Å². The summed E-state index contributed by atoms with van der Waals surface area (Å²) in [4.78, 5) is 41.7. The van der Waals surface area contributed by atoms with Crippen LogP contribution in [0.1, 0.15) is 49.5 Å². The van der Waals surface area contributed by atoms with Crippen LogP contribution in [-0.2, 0) is 11.8 Å². The molecule has 2 atom stereocenters. The Morgan fingerprint density at radius 2 is 1.85 bits per heavy atom. The third kappa shape index (κ3) is 4.69. The lowest BCUT2D eigenvalue weighted by Crippen LogP contribution is -2.61. The first-order valence-corrected chi connectivity index (χ1v) is 12.0. The summed E-state index contributed by atoms with van der Waals surface area (Å²) in [6, 6.07) is 6.67. The van der Waals surface area contributed by atoms with Gasteiger partial charge in [0.15, 0.2) is 0 Å². The Balaban J connectivity index is 1.47. The first kappa shape index (κ1) is 23.9. The molecule has 0 bridgehead atoms. The summed E-state index contributed by atoms with van der Waals surface area (Å²) in [7, 11) is 3.48. The van der Waals surface area contributed by atoms with Crippen molar-refractivity contribution in [3.8, 4) is 5.75 Å². The second-order valence-electron chi connectivity index (χ2n) is 9.47. The largest absolute Gasteiger partial charge is 0.497 e. The Labute approximate surface area is 199 Å². The molecule has 4 rings (SSSR count). The average molecular weight is 471 g/mol. The summed E-state index contributed by atoms with van der Waals surface area (Å²) in [5.74, 6) is 0.502. The smallest absolute Gasteiger partial charge is 0.405 e. The van der Waals surface area contributed by atoms with E-state index in [4.69, 9.17) is 4.74 Å². The SMILES string of the molecule is COc1ccc2cc(C(=O)N3CCN(C(=O)C(NC(=O)O)C4CCCCC4)[C@H](C)C3)n(C)c2c1. The number of aromatic nitrogens is 1. The maximum atomic E-state index is 13.4. The van der Waals surface area contributed by atoms with Crippen molar-refractivity contribution < 1.29 is 24.2 Å². The number of fused-ring (bicyclic) bond motifs is 1. The maximum Gasteiger partial charge on any atom is 0.405 e. The lowest BCUT2D eigenvalue weighted by Gasteiger charge is -2.42. The standard InChI is InChI=1S/C25H34N4O5/c1-16-15-28(23(30)21-13-18-9-10-19(34-3)14-20(18)27(21)2)11-12-29(16)24(31)22(26-25(32)33)17-7-5-4-6-8-17/h9-10,13-14,16-17,22,26H,4-8,11-12,15H2,1-3H3,(H,32,33)/t16-,22?/m1/s1. The molecule has 9 nitrogen and oxygen atoms in total. The van der Waals surface area contributed by atoms with Crippen LogP contribution in [0.3, 0.4) is 0 Å². The molecule has 0 radical (unpaired) electrons. The Morgan fingerprint density at radius 3 is 2.50 bits per heavy atom. The molecular formula is C25H34N4O5. The predicted molar refractivity (Wildman–Crippen MR) is 128 cm³/mol. The van der Waals surface area contributed by atoms with Crippen molar-refractivity contribution in [2.75, 3.05) is 26.7 Å². The van der Waals surface area contributed by atoms with Crippen molar-refractivity contribution in [3.05, 3.63) is 30.0 Å². The van der Waals surface area contributed by atoms with Crippen molar-refractivity contribution >= 4 is 28.8 Å². The number of hydrogen-bond acceptors (Lipinski definition) is 4. The first-order chi connectivity index (χ1) is 16.3. The van der Waals surface area contributed by atoms with E-state index >= 15 is 0 Å². The maximum absolute atomic E-state index is 13.4. The number of ether oxygens (including phenoxy) is 1. The molecule has 1 aromatic carbocycles. The van der Waals surface area contributed by atoms with Crippen LogP contribution in [0, 0.1) is 5.92 Å². The average Bonchev–Trinajstić information content (AvgIpc) is 3.17. The topological polar surface area (TPSA) is 104 Å². The van der Waals surface area contributed by atoms with Crippen LogP contribution in [0.4, 0.5) is 4.79 Å².